The standard InChI is InChI=1S/C18H30N2O2/c1-12(2)17-8-6-13(3)10-11-20(17)18(21)9-7-16-14(4)19-22-15(16)5/h12-13,17H,6-11H2,1-5H3/t13-,17+/m0/s1. The Morgan fingerprint density at radius 3 is 2.64 bits per heavy atom. The van der Waals surface area contributed by atoms with E-state index in [-0.39, 0.29) is 5.91 Å². The van der Waals surface area contributed by atoms with E-state index in [2.05, 4.69) is 30.8 Å². The summed E-state index contributed by atoms with van der Waals surface area (Å²) in [5, 5.41) is 3.97. The van der Waals surface area contributed by atoms with Crippen LogP contribution in [0.5, 0.6) is 0 Å². The van der Waals surface area contributed by atoms with Crippen LogP contribution in [-0.4, -0.2) is 28.6 Å². The maximum Gasteiger partial charge on any atom is 0.223 e. The zero-order valence-electron chi connectivity index (χ0n) is 14.7. The lowest BCUT2D eigenvalue weighted by atomic mass is 9.95. The molecule has 4 heteroatoms. The maximum absolute atomic E-state index is 12.8. The van der Waals surface area contributed by atoms with Crippen molar-refractivity contribution in [2.75, 3.05) is 6.54 Å². The fourth-order valence-corrected chi connectivity index (χ4v) is 3.52. The molecular formula is C18H30N2O2. The van der Waals surface area contributed by atoms with Crippen LogP contribution < -0.4 is 0 Å². The molecule has 124 valence electrons. The van der Waals surface area contributed by atoms with Gasteiger partial charge in [-0.15, -0.1) is 0 Å². The molecule has 0 aliphatic carbocycles. The summed E-state index contributed by atoms with van der Waals surface area (Å²) in [6, 6.07) is 0.391. The predicted molar refractivity (Wildman–Crippen MR) is 87.7 cm³/mol. The van der Waals surface area contributed by atoms with Gasteiger partial charge in [0.15, 0.2) is 0 Å². The highest BCUT2D eigenvalue weighted by molar-refractivity contribution is 5.77. The van der Waals surface area contributed by atoms with Gasteiger partial charge in [-0.3, -0.25) is 4.79 Å². The zero-order valence-corrected chi connectivity index (χ0v) is 14.7. The maximum atomic E-state index is 12.8. The van der Waals surface area contributed by atoms with Crippen molar-refractivity contribution < 1.29 is 9.32 Å². The molecule has 0 radical (unpaired) electrons. The van der Waals surface area contributed by atoms with Crippen LogP contribution in [0.15, 0.2) is 4.52 Å². The van der Waals surface area contributed by atoms with E-state index in [1.54, 1.807) is 0 Å². The van der Waals surface area contributed by atoms with Crippen LogP contribution in [0.25, 0.3) is 0 Å². The van der Waals surface area contributed by atoms with Crippen LogP contribution in [0.1, 0.15) is 63.5 Å². The molecule has 1 aliphatic rings. The Bertz CT molecular complexity index is 488. The van der Waals surface area contributed by atoms with Crippen molar-refractivity contribution in [3.63, 3.8) is 0 Å². The lowest BCUT2D eigenvalue weighted by Crippen LogP contribution is -2.43. The average Bonchev–Trinajstić information content (AvgIpc) is 2.67. The minimum absolute atomic E-state index is 0.285. The second-order valence-electron chi connectivity index (χ2n) is 7.17. The Kier molecular flexibility index (Phi) is 5.65. The van der Waals surface area contributed by atoms with Crippen molar-refractivity contribution in [2.45, 2.75) is 72.8 Å². The number of hydrogen-bond donors (Lipinski definition) is 0. The third kappa shape index (κ3) is 3.90. The Morgan fingerprint density at radius 1 is 1.32 bits per heavy atom. The highest BCUT2D eigenvalue weighted by atomic mass is 16.5. The molecule has 0 saturated carbocycles. The number of aromatic nitrogens is 1. The summed E-state index contributed by atoms with van der Waals surface area (Å²) in [5.41, 5.74) is 2.01. The summed E-state index contributed by atoms with van der Waals surface area (Å²) in [6.07, 6.45) is 4.78. The monoisotopic (exact) mass is 306 g/mol. The van der Waals surface area contributed by atoms with E-state index in [1.807, 2.05) is 13.8 Å². The number of carbonyl (C=O) groups excluding carboxylic acids is 1. The molecule has 2 heterocycles. The lowest BCUT2D eigenvalue weighted by Gasteiger charge is -2.33. The number of amides is 1. The summed E-state index contributed by atoms with van der Waals surface area (Å²) in [6.45, 7) is 11.5. The Morgan fingerprint density at radius 2 is 2.05 bits per heavy atom. The van der Waals surface area contributed by atoms with Gasteiger partial charge in [0.2, 0.25) is 5.91 Å². The first kappa shape index (κ1) is 17.0. The van der Waals surface area contributed by atoms with Crippen LogP contribution in [0, 0.1) is 25.7 Å². The summed E-state index contributed by atoms with van der Waals surface area (Å²) < 4.78 is 5.19. The van der Waals surface area contributed by atoms with E-state index in [0.29, 0.717) is 18.4 Å². The van der Waals surface area contributed by atoms with Crippen molar-refractivity contribution in [2.24, 2.45) is 11.8 Å². The quantitative estimate of drug-likeness (QED) is 0.847. The van der Waals surface area contributed by atoms with Gasteiger partial charge in [-0.25, -0.2) is 0 Å². The van der Waals surface area contributed by atoms with E-state index < -0.39 is 0 Å². The van der Waals surface area contributed by atoms with Crippen molar-refractivity contribution in [1.82, 2.24) is 10.1 Å². The molecule has 0 spiro atoms. The van der Waals surface area contributed by atoms with E-state index in [4.69, 9.17) is 4.52 Å². The molecule has 0 unspecified atom stereocenters. The largest absolute Gasteiger partial charge is 0.361 e. The molecule has 1 amide bonds. The molecule has 0 N–H and O–H groups in total. The Labute approximate surface area is 134 Å². The molecular weight excluding hydrogens is 276 g/mol. The molecule has 0 bridgehead atoms. The molecule has 1 saturated heterocycles. The molecule has 2 atom stereocenters. The highest BCUT2D eigenvalue weighted by Gasteiger charge is 2.29. The minimum Gasteiger partial charge on any atom is -0.361 e. The number of likely N-dealkylation sites (tertiary alicyclic amines) is 1. The van der Waals surface area contributed by atoms with Gasteiger partial charge in [-0.2, -0.15) is 0 Å². The van der Waals surface area contributed by atoms with E-state index in [9.17, 15) is 4.79 Å². The SMILES string of the molecule is Cc1noc(C)c1CCC(=O)N1CC[C@@H](C)CC[C@@H]1C(C)C. The number of rotatable bonds is 4. The van der Waals surface area contributed by atoms with Crippen molar-refractivity contribution in [3.8, 4) is 0 Å². The third-order valence-corrected chi connectivity index (χ3v) is 5.08. The van der Waals surface area contributed by atoms with Crippen molar-refractivity contribution in [3.05, 3.63) is 17.0 Å². The molecule has 1 aromatic heterocycles. The Hall–Kier alpha value is -1.32. The van der Waals surface area contributed by atoms with Crippen molar-refractivity contribution in [1.29, 1.82) is 0 Å². The van der Waals surface area contributed by atoms with Crippen LogP contribution in [0.2, 0.25) is 0 Å². The Balaban J connectivity index is 2.02. The van der Waals surface area contributed by atoms with E-state index >= 15 is 0 Å². The van der Waals surface area contributed by atoms with Crippen molar-refractivity contribution >= 4 is 5.91 Å². The van der Waals surface area contributed by atoms with E-state index in [0.717, 1.165) is 48.7 Å². The first-order chi connectivity index (χ1) is 10.4. The molecule has 1 aromatic rings. The zero-order chi connectivity index (χ0) is 16.3. The van der Waals surface area contributed by atoms with Gasteiger partial charge in [0.05, 0.1) is 5.69 Å². The topological polar surface area (TPSA) is 46.3 Å². The molecule has 1 fully saturated rings. The fraction of sp³-hybridized carbons (Fsp3) is 0.778. The van der Waals surface area contributed by atoms with Gasteiger partial charge in [-0.05, 0) is 51.4 Å². The van der Waals surface area contributed by atoms with Gasteiger partial charge in [0.1, 0.15) is 5.76 Å². The molecule has 2 rings (SSSR count). The summed E-state index contributed by atoms with van der Waals surface area (Å²) in [7, 11) is 0. The van der Waals surface area contributed by atoms with Gasteiger partial charge in [0.25, 0.3) is 0 Å². The molecule has 1 aliphatic heterocycles. The number of aryl methyl sites for hydroxylation is 2. The van der Waals surface area contributed by atoms with Crippen LogP contribution in [-0.2, 0) is 11.2 Å². The number of hydrogen-bond acceptors (Lipinski definition) is 3. The lowest BCUT2D eigenvalue weighted by molar-refractivity contribution is -0.134. The molecule has 4 nitrogen and oxygen atoms in total. The van der Waals surface area contributed by atoms with E-state index in [1.165, 1.54) is 6.42 Å². The number of nitrogens with zero attached hydrogens (tertiary/aromatic N) is 2. The van der Waals surface area contributed by atoms with Gasteiger partial charge < -0.3 is 9.42 Å². The summed E-state index contributed by atoms with van der Waals surface area (Å²) in [4.78, 5) is 14.9. The number of carbonyl (C=O) groups is 1. The fourth-order valence-electron chi connectivity index (χ4n) is 3.52. The highest BCUT2D eigenvalue weighted by Crippen LogP contribution is 2.27. The van der Waals surface area contributed by atoms with Crippen LogP contribution in [0.4, 0.5) is 0 Å². The molecule has 0 aromatic carbocycles. The first-order valence-corrected chi connectivity index (χ1v) is 8.61. The third-order valence-electron chi connectivity index (χ3n) is 5.08. The van der Waals surface area contributed by atoms with Gasteiger partial charge >= 0.3 is 0 Å². The van der Waals surface area contributed by atoms with Gasteiger partial charge in [-0.1, -0.05) is 25.9 Å². The predicted octanol–water partition coefficient (Wildman–Crippen LogP) is 3.90. The average molecular weight is 306 g/mol. The van der Waals surface area contributed by atoms with Crippen LogP contribution >= 0.6 is 0 Å². The normalized spacial score (nSPS) is 22.9. The molecule has 22 heavy (non-hydrogen) atoms. The smallest absolute Gasteiger partial charge is 0.223 e. The van der Waals surface area contributed by atoms with Gasteiger partial charge in [0, 0.05) is 24.6 Å². The minimum atomic E-state index is 0.285. The first-order valence-electron chi connectivity index (χ1n) is 8.61. The summed E-state index contributed by atoms with van der Waals surface area (Å²) >= 11 is 0. The second kappa shape index (κ2) is 7.30. The second-order valence-corrected chi connectivity index (χ2v) is 7.17. The summed E-state index contributed by atoms with van der Waals surface area (Å²) in [5.74, 6) is 2.37. The van der Waals surface area contributed by atoms with Crippen LogP contribution in [0.3, 0.4) is 0 Å².